The standard InChI is InChI=1S/C53H35N5/c1-32-29-34(18-22-45(32)58-48-15-8-26-56-52(48)40-24-27-55-31-49(40)58)33-16-19-35(20-17-33)57-46-14-7-4-11-39(46)50-47(57)23-21-38-41-30-54-28-25-44(41)53(51(38)50)42-12-5-2-9-36(42)37-10-3-6-13-43(37)53/h2-32,45H,1H3. The molecule has 0 saturated carbocycles. The van der Waals surface area contributed by atoms with Crippen LogP contribution in [0.5, 0.6) is 0 Å². The van der Waals surface area contributed by atoms with Gasteiger partial charge in [0.2, 0.25) is 0 Å². The van der Waals surface area contributed by atoms with Crippen molar-refractivity contribution in [2.75, 3.05) is 0 Å². The zero-order valence-corrected chi connectivity index (χ0v) is 31.7. The average molecular weight is 742 g/mol. The van der Waals surface area contributed by atoms with E-state index >= 15 is 0 Å². The molecule has 5 heterocycles. The van der Waals surface area contributed by atoms with Crippen LogP contribution >= 0.6 is 0 Å². The van der Waals surface area contributed by atoms with Crippen LogP contribution in [0.2, 0.25) is 0 Å². The second-order valence-electron chi connectivity index (χ2n) is 16.0. The van der Waals surface area contributed by atoms with E-state index in [0.29, 0.717) is 0 Å². The van der Waals surface area contributed by atoms with Crippen molar-refractivity contribution in [3.63, 3.8) is 0 Å². The molecule has 1 spiro atoms. The van der Waals surface area contributed by atoms with Gasteiger partial charge in [0.1, 0.15) is 0 Å². The lowest BCUT2D eigenvalue weighted by molar-refractivity contribution is 0.511. The topological polar surface area (TPSA) is 48.5 Å². The molecule has 272 valence electrons. The SMILES string of the molecule is CC1C=C(c2ccc(-n3c4ccccc4c4c5c(ccc43)-c3cnccc3C53c4ccccc4-c4ccccc43)cc2)C=CC1n1c2cnccc2c2ncccc21. The summed E-state index contributed by atoms with van der Waals surface area (Å²) in [7, 11) is 0. The Kier molecular flexibility index (Phi) is 6.35. The van der Waals surface area contributed by atoms with E-state index in [1.54, 1.807) is 0 Å². The molecular weight excluding hydrogens is 707 g/mol. The van der Waals surface area contributed by atoms with Crippen molar-refractivity contribution in [3.05, 3.63) is 210 Å². The second-order valence-corrected chi connectivity index (χ2v) is 16.0. The molecule has 0 amide bonds. The molecule has 5 aromatic heterocycles. The monoisotopic (exact) mass is 741 g/mol. The first-order chi connectivity index (χ1) is 28.7. The fourth-order valence-electron chi connectivity index (χ4n) is 11.0. The summed E-state index contributed by atoms with van der Waals surface area (Å²) < 4.78 is 4.87. The molecule has 5 aromatic carbocycles. The summed E-state index contributed by atoms with van der Waals surface area (Å²) in [6.45, 7) is 2.31. The maximum atomic E-state index is 4.75. The number of benzene rings is 5. The van der Waals surface area contributed by atoms with Crippen LogP contribution < -0.4 is 0 Å². The Morgan fingerprint density at radius 3 is 2.10 bits per heavy atom. The lowest BCUT2D eigenvalue weighted by atomic mass is 9.69. The maximum Gasteiger partial charge on any atom is 0.0961 e. The van der Waals surface area contributed by atoms with Crippen molar-refractivity contribution in [2.24, 2.45) is 5.92 Å². The van der Waals surface area contributed by atoms with Gasteiger partial charge in [-0.3, -0.25) is 15.0 Å². The van der Waals surface area contributed by atoms with E-state index in [2.05, 4.69) is 178 Å². The van der Waals surface area contributed by atoms with Gasteiger partial charge in [-0.2, -0.15) is 0 Å². The largest absolute Gasteiger partial charge is 0.330 e. The highest BCUT2D eigenvalue weighted by molar-refractivity contribution is 6.16. The van der Waals surface area contributed by atoms with Crippen LogP contribution in [0.25, 0.3) is 77.3 Å². The molecule has 3 aliphatic rings. The van der Waals surface area contributed by atoms with E-state index in [9.17, 15) is 0 Å². The molecule has 58 heavy (non-hydrogen) atoms. The van der Waals surface area contributed by atoms with Gasteiger partial charge in [0.15, 0.2) is 0 Å². The van der Waals surface area contributed by atoms with Gasteiger partial charge in [0.25, 0.3) is 0 Å². The van der Waals surface area contributed by atoms with Gasteiger partial charge in [-0.1, -0.05) is 110 Å². The van der Waals surface area contributed by atoms with Crippen molar-refractivity contribution < 1.29 is 0 Å². The third kappa shape index (κ3) is 3.97. The fraction of sp³-hybridized carbons (Fsp3) is 0.0755. The van der Waals surface area contributed by atoms with Crippen LogP contribution in [0.4, 0.5) is 0 Å². The average Bonchev–Trinajstić information content (AvgIpc) is 3.99. The van der Waals surface area contributed by atoms with Crippen LogP contribution in [-0.4, -0.2) is 24.1 Å². The van der Waals surface area contributed by atoms with Gasteiger partial charge in [0.05, 0.1) is 45.2 Å². The molecule has 0 saturated heterocycles. The van der Waals surface area contributed by atoms with E-state index < -0.39 is 5.41 Å². The van der Waals surface area contributed by atoms with Gasteiger partial charge in [-0.15, -0.1) is 0 Å². The zero-order valence-electron chi connectivity index (χ0n) is 31.7. The molecule has 0 aliphatic heterocycles. The van der Waals surface area contributed by atoms with Gasteiger partial charge >= 0.3 is 0 Å². The summed E-state index contributed by atoms with van der Waals surface area (Å²) in [5, 5.41) is 3.70. The molecular formula is C53H35N5. The lowest BCUT2D eigenvalue weighted by Crippen LogP contribution is -2.26. The van der Waals surface area contributed by atoms with Crippen molar-refractivity contribution in [3.8, 4) is 27.9 Å². The zero-order chi connectivity index (χ0) is 38.1. The van der Waals surface area contributed by atoms with E-state index in [4.69, 9.17) is 4.98 Å². The van der Waals surface area contributed by atoms with Gasteiger partial charge in [-0.25, -0.2) is 0 Å². The number of fused-ring (bicyclic) bond motifs is 17. The number of pyridine rings is 3. The van der Waals surface area contributed by atoms with Gasteiger partial charge < -0.3 is 9.13 Å². The van der Waals surface area contributed by atoms with Gasteiger partial charge in [0, 0.05) is 52.2 Å². The first-order valence-corrected chi connectivity index (χ1v) is 20.1. The summed E-state index contributed by atoms with van der Waals surface area (Å²) in [5.74, 6) is 0.260. The number of para-hydroxylation sites is 1. The van der Waals surface area contributed by atoms with Crippen molar-refractivity contribution in [2.45, 2.75) is 18.4 Å². The van der Waals surface area contributed by atoms with Crippen LogP contribution in [0.3, 0.4) is 0 Å². The summed E-state index contributed by atoms with van der Waals surface area (Å²) in [6, 6.07) is 49.5. The Bertz CT molecular complexity index is 3320. The van der Waals surface area contributed by atoms with Crippen molar-refractivity contribution in [1.82, 2.24) is 24.1 Å². The molecule has 0 radical (unpaired) electrons. The molecule has 0 N–H and O–H groups in total. The van der Waals surface area contributed by atoms with Crippen LogP contribution in [0.15, 0.2) is 183 Å². The molecule has 2 atom stereocenters. The Hall–Kier alpha value is -7.37. The van der Waals surface area contributed by atoms with Crippen LogP contribution in [0.1, 0.15) is 40.8 Å². The third-order valence-electron chi connectivity index (χ3n) is 13.3. The first kappa shape index (κ1) is 31.8. The Morgan fingerprint density at radius 1 is 0.552 bits per heavy atom. The molecule has 10 aromatic rings. The molecule has 5 heteroatoms. The van der Waals surface area contributed by atoms with E-state index in [1.807, 2.05) is 30.9 Å². The van der Waals surface area contributed by atoms with Crippen LogP contribution in [-0.2, 0) is 5.41 Å². The molecule has 5 nitrogen and oxygen atoms in total. The minimum Gasteiger partial charge on any atom is -0.330 e. The minimum atomic E-state index is -0.459. The summed E-state index contributed by atoms with van der Waals surface area (Å²) in [5.41, 5.74) is 19.2. The minimum absolute atomic E-state index is 0.153. The number of nitrogens with zero attached hydrogens (tertiary/aromatic N) is 5. The lowest BCUT2D eigenvalue weighted by Gasteiger charge is -2.31. The predicted octanol–water partition coefficient (Wildman–Crippen LogP) is 12.3. The number of allylic oxidation sites excluding steroid dienone is 4. The summed E-state index contributed by atoms with van der Waals surface area (Å²) in [4.78, 5) is 13.9. The molecule has 0 fully saturated rings. The summed E-state index contributed by atoms with van der Waals surface area (Å²) in [6.07, 6.45) is 16.8. The Balaban J connectivity index is 0.958. The highest BCUT2D eigenvalue weighted by Gasteiger charge is 2.53. The maximum absolute atomic E-state index is 4.75. The van der Waals surface area contributed by atoms with E-state index in [0.717, 1.165) is 27.6 Å². The van der Waals surface area contributed by atoms with Crippen molar-refractivity contribution >= 4 is 49.3 Å². The first-order valence-electron chi connectivity index (χ1n) is 20.1. The van der Waals surface area contributed by atoms with Crippen molar-refractivity contribution in [1.29, 1.82) is 0 Å². The molecule has 2 unspecified atom stereocenters. The highest BCUT2D eigenvalue weighted by atomic mass is 15.0. The van der Waals surface area contributed by atoms with E-state index in [-0.39, 0.29) is 12.0 Å². The number of aromatic nitrogens is 5. The Morgan fingerprint density at radius 2 is 1.28 bits per heavy atom. The third-order valence-corrected chi connectivity index (χ3v) is 13.3. The number of hydrogen-bond acceptors (Lipinski definition) is 3. The second kappa shape index (κ2) is 11.6. The Labute approximate surface area is 334 Å². The molecule has 13 rings (SSSR count). The van der Waals surface area contributed by atoms with E-state index in [1.165, 1.54) is 77.5 Å². The van der Waals surface area contributed by atoms with Gasteiger partial charge in [-0.05, 0) is 105 Å². The number of hydrogen-bond donors (Lipinski definition) is 0. The fourth-order valence-corrected chi connectivity index (χ4v) is 11.0. The predicted molar refractivity (Wildman–Crippen MR) is 235 cm³/mol. The van der Waals surface area contributed by atoms with Crippen LogP contribution in [0, 0.1) is 5.92 Å². The highest BCUT2D eigenvalue weighted by Crippen LogP contribution is 2.64. The number of rotatable bonds is 3. The normalized spacial score (nSPS) is 17.2. The smallest absolute Gasteiger partial charge is 0.0961 e. The molecule has 3 aliphatic carbocycles. The quantitative estimate of drug-likeness (QED) is 0.181. The summed E-state index contributed by atoms with van der Waals surface area (Å²) >= 11 is 0. The molecule has 0 bridgehead atoms.